The second kappa shape index (κ2) is 6.72. The van der Waals surface area contributed by atoms with Crippen molar-refractivity contribution in [2.24, 2.45) is 5.10 Å². The fourth-order valence-electron chi connectivity index (χ4n) is 2.19. The molecule has 2 N–H and O–H groups in total. The van der Waals surface area contributed by atoms with Gasteiger partial charge in [0.1, 0.15) is 0 Å². The van der Waals surface area contributed by atoms with Crippen LogP contribution in [0.25, 0.3) is 10.2 Å². The Balaban J connectivity index is 1.82. The van der Waals surface area contributed by atoms with E-state index in [4.69, 9.17) is 12.2 Å². The normalized spacial score (nSPS) is 11.6. The zero-order valence-corrected chi connectivity index (χ0v) is 13.7. The van der Waals surface area contributed by atoms with Crippen LogP contribution in [0.3, 0.4) is 0 Å². The lowest BCUT2D eigenvalue weighted by Crippen LogP contribution is -2.27. The third-order valence-electron chi connectivity index (χ3n) is 3.19. The zero-order valence-electron chi connectivity index (χ0n) is 12.1. The third-order valence-corrected chi connectivity index (χ3v) is 4.44. The Hall–Kier alpha value is -2.18. The van der Waals surface area contributed by atoms with Crippen molar-refractivity contribution >= 4 is 44.6 Å². The highest BCUT2D eigenvalue weighted by atomic mass is 32.1. The highest BCUT2D eigenvalue weighted by molar-refractivity contribution is 7.80. The van der Waals surface area contributed by atoms with Crippen molar-refractivity contribution in [1.29, 1.82) is 0 Å². The van der Waals surface area contributed by atoms with Gasteiger partial charge in [-0.05, 0) is 43.4 Å². The van der Waals surface area contributed by atoms with Crippen molar-refractivity contribution in [1.82, 2.24) is 9.99 Å². The van der Waals surface area contributed by atoms with Gasteiger partial charge in [0.25, 0.3) is 0 Å². The summed E-state index contributed by atoms with van der Waals surface area (Å²) in [6.07, 6.45) is 0. The zero-order chi connectivity index (χ0) is 15.4. The largest absolute Gasteiger partial charge is 0.331 e. The summed E-state index contributed by atoms with van der Waals surface area (Å²) < 4.78 is 3.38. The minimum atomic E-state index is 0.478. The molecular weight excluding hydrogens is 312 g/mol. The molecule has 22 heavy (non-hydrogen) atoms. The highest BCUT2D eigenvalue weighted by Gasteiger charge is 2.03. The molecule has 3 aromatic rings. The smallest absolute Gasteiger partial charge is 0.209 e. The number of fused-ring (bicyclic) bond motifs is 1. The molecule has 6 heteroatoms. The van der Waals surface area contributed by atoms with E-state index in [1.807, 2.05) is 42.5 Å². The Morgan fingerprint density at radius 3 is 2.64 bits per heavy atom. The summed E-state index contributed by atoms with van der Waals surface area (Å²) in [7, 11) is 0. The SMILES string of the molecule is CCn1c(=NNC(=S)Nc2ccccc2)sc2ccccc21. The van der Waals surface area contributed by atoms with Crippen molar-refractivity contribution in [3.63, 3.8) is 0 Å². The van der Waals surface area contributed by atoms with Crippen LogP contribution in [-0.4, -0.2) is 9.68 Å². The fraction of sp³-hybridized carbons (Fsp3) is 0.125. The average molecular weight is 328 g/mol. The predicted molar refractivity (Wildman–Crippen MR) is 96.9 cm³/mol. The average Bonchev–Trinajstić information content (AvgIpc) is 2.91. The molecular formula is C16H16N4S2. The molecule has 112 valence electrons. The molecule has 3 rings (SSSR count). The van der Waals surface area contributed by atoms with E-state index in [-0.39, 0.29) is 0 Å². The van der Waals surface area contributed by atoms with Gasteiger partial charge in [0, 0.05) is 12.2 Å². The second-order valence-corrected chi connectivity index (χ2v) is 6.06. The van der Waals surface area contributed by atoms with E-state index in [9.17, 15) is 0 Å². The first-order valence-electron chi connectivity index (χ1n) is 7.02. The number of aryl methyl sites for hydroxylation is 1. The molecule has 1 aromatic heterocycles. The number of aromatic nitrogens is 1. The quantitative estimate of drug-likeness (QED) is 0.571. The number of nitrogens with one attached hydrogen (secondary N) is 2. The highest BCUT2D eigenvalue weighted by Crippen LogP contribution is 2.16. The van der Waals surface area contributed by atoms with E-state index < -0.39 is 0 Å². The summed E-state index contributed by atoms with van der Waals surface area (Å²) >= 11 is 6.92. The molecule has 0 fully saturated rings. The van der Waals surface area contributed by atoms with Crippen molar-refractivity contribution < 1.29 is 0 Å². The molecule has 0 atom stereocenters. The maximum absolute atomic E-state index is 5.27. The summed E-state index contributed by atoms with van der Waals surface area (Å²) in [6.45, 7) is 2.97. The van der Waals surface area contributed by atoms with E-state index in [2.05, 4.69) is 39.5 Å². The van der Waals surface area contributed by atoms with Crippen molar-refractivity contribution in [3.05, 3.63) is 59.4 Å². The van der Waals surface area contributed by atoms with E-state index >= 15 is 0 Å². The molecule has 1 heterocycles. The molecule has 0 amide bonds. The van der Waals surface area contributed by atoms with Gasteiger partial charge in [0.15, 0.2) is 5.11 Å². The Morgan fingerprint density at radius 2 is 1.86 bits per heavy atom. The van der Waals surface area contributed by atoms with Crippen LogP contribution >= 0.6 is 23.6 Å². The lowest BCUT2D eigenvalue weighted by Gasteiger charge is -2.06. The molecule has 0 aliphatic carbocycles. The fourth-order valence-corrected chi connectivity index (χ4v) is 3.41. The molecule has 0 saturated heterocycles. The summed E-state index contributed by atoms with van der Waals surface area (Å²) in [6, 6.07) is 18.1. The van der Waals surface area contributed by atoms with Crippen LogP contribution in [0, 0.1) is 0 Å². The van der Waals surface area contributed by atoms with Gasteiger partial charge in [0.2, 0.25) is 4.80 Å². The minimum absolute atomic E-state index is 0.478. The summed E-state index contributed by atoms with van der Waals surface area (Å²) in [5, 5.41) is 8.02. The number of rotatable bonds is 3. The standard InChI is InChI=1S/C16H16N4S2/c1-2-20-13-10-6-7-11-14(13)22-16(20)19-18-15(21)17-12-8-4-3-5-9-12/h3-11H,2H2,1H3,(H2,17,18,21). The Bertz CT molecular complexity index is 849. The van der Waals surface area contributed by atoms with Crippen molar-refractivity contribution in [3.8, 4) is 0 Å². The van der Waals surface area contributed by atoms with Gasteiger partial charge in [-0.25, -0.2) is 0 Å². The minimum Gasteiger partial charge on any atom is -0.331 e. The van der Waals surface area contributed by atoms with Crippen LogP contribution < -0.4 is 15.5 Å². The predicted octanol–water partition coefficient (Wildman–Crippen LogP) is 3.53. The van der Waals surface area contributed by atoms with Gasteiger partial charge in [-0.2, -0.15) is 0 Å². The number of hydrogen-bond donors (Lipinski definition) is 2. The van der Waals surface area contributed by atoms with Crippen LogP contribution in [0.1, 0.15) is 6.92 Å². The monoisotopic (exact) mass is 328 g/mol. The van der Waals surface area contributed by atoms with Gasteiger partial charge in [-0.15, -0.1) is 5.10 Å². The summed E-state index contributed by atoms with van der Waals surface area (Å²) in [4.78, 5) is 0.904. The Kier molecular flexibility index (Phi) is 4.50. The number of nitrogens with zero attached hydrogens (tertiary/aromatic N) is 2. The first kappa shape index (κ1) is 14.7. The topological polar surface area (TPSA) is 41.4 Å². The van der Waals surface area contributed by atoms with Crippen LogP contribution in [0.15, 0.2) is 59.7 Å². The van der Waals surface area contributed by atoms with Crippen LogP contribution in [0.4, 0.5) is 5.69 Å². The molecule has 0 aliphatic heterocycles. The van der Waals surface area contributed by atoms with Crippen molar-refractivity contribution in [2.45, 2.75) is 13.5 Å². The maximum Gasteiger partial charge on any atom is 0.209 e. The second-order valence-electron chi connectivity index (χ2n) is 4.64. The van der Waals surface area contributed by atoms with Crippen LogP contribution in [-0.2, 0) is 6.54 Å². The Morgan fingerprint density at radius 1 is 1.14 bits per heavy atom. The van der Waals surface area contributed by atoms with E-state index in [0.29, 0.717) is 5.11 Å². The lowest BCUT2D eigenvalue weighted by molar-refractivity contribution is 0.745. The van der Waals surface area contributed by atoms with Gasteiger partial charge in [-0.3, -0.25) is 5.43 Å². The van der Waals surface area contributed by atoms with Gasteiger partial charge in [-0.1, -0.05) is 41.7 Å². The number of hydrogen-bond acceptors (Lipinski definition) is 3. The molecule has 0 spiro atoms. The van der Waals surface area contributed by atoms with E-state index in [1.54, 1.807) is 11.3 Å². The van der Waals surface area contributed by atoms with Crippen molar-refractivity contribution in [2.75, 3.05) is 5.32 Å². The number of anilines is 1. The molecule has 4 nitrogen and oxygen atoms in total. The summed E-state index contributed by atoms with van der Waals surface area (Å²) in [5.41, 5.74) is 5.05. The lowest BCUT2D eigenvalue weighted by atomic mass is 10.3. The first-order chi connectivity index (χ1) is 10.8. The van der Waals surface area contributed by atoms with Gasteiger partial charge in [0.05, 0.1) is 10.2 Å². The Labute approximate surface area is 138 Å². The molecule has 2 aromatic carbocycles. The molecule has 0 unspecified atom stereocenters. The number of thiazole rings is 1. The molecule has 0 radical (unpaired) electrons. The van der Waals surface area contributed by atoms with E-state index in [0.717, 1.165) is 17.0 Å². The first-order valence-corrected chi connectivity index (χ1v) is 8.24. The van der Waals surface area contributed by atoms with Crippen LogP contribution in [0.2, 0.25) is 0 Å². The molecule has 0 bridgehead atoms. The molecule has 0 aliphatic rings. The van der Waals surface area contributed by atoms with Gasteiger partial charge < -0.3 is 9.88 Å². The van der Waals surface area contributed by atoms with E-state index in [1.165, 1.54) is 10.2 Å². The third kappa shape index (κ3) is 3.18. The number of para-hydroxylation sites is 2. The number of benzene rings is 2. The van der Waals surface area contributed by atoms with Crippen LogP contribution in [0.5, 0.6) is 0 Å². The number of thiocarbonyl (C=S) groups is 1. The van der Waals surface area contributed by atoms with Gasteiger partial charge >= 0.3 is 0 Å². The molecule has 0 saturated carbocycles. The summed E-state index contributed by atoms with van der Waals surface area (Å²) in [5.74, 6) is 0. The maximum atomic E-state index is 5.27.